The summed E-state index contributed by atoms with van der Waals surface area (Å²) in [5.74, 6) is -3.19. The summed E-state index contributed by atoms with van der Waals surface area (Å²) >= 11 is 0. The monoisotopic (exact) mass is 265 g/mol. The van der Waals surface area contributed by atoms with Crippen molar-refractivity contribution in [1.29, 1.82) is 0 Å². The second-order valence-electron chi connectivity index (χ2n) is 4.58. The molecule has 0 aliphatic carbocycles. The molecule has 0 aromatic carbocycles. The minimum atomic E-state index is -1.06. The maximum absolute atomic E-state index is 11.1. The normalized spacial score (nSPS) is 24.0. The number of carboxylic acids is 2. The van der Waals surface area contributed by atoms with Gasteiger partial charge in [-0.1, -0.05) is 0 Å². The van der Waals surface area contributed by atoms with Gasteiger partial charge in [-0.3, -0.25) is 14.5 Å². The van der Waals surface area contributed by atoms with Crippen molar-refractivity contribution in [3.8, 4) is 0 Å². The first-order valence-corrected chi connectivity index (χ1v) is 6.02. The van der Waals surface area contributed by atoms with Crippen LogP contribution in [0, 0.1) is 11.8 Å². The quantitative estimate of drug-likeness (QED) is 0.794. The highest BCUT2D eigenvalue weighted by molar-refractivity contribution is 5.80. The number of carboxylic acid groups (broad SMARTS) is 2. The Balaban J connectivity index is 2.03. The summed E-state index contributed by atoms with van der Waals surface area (Å²) in [7, 11) is 0. The van der Waals surface area contributed by atoms with Crippen LogP contribution in [0.3, 0.4) is 0 Å². The lowest BCUT2D eigenvalue weighted by molar-refractivity contribution is -0.157. The van der Waals surface area contributed by atoms with Crippen molar-refractivity contribution in [2.45, 2.75) is 13.0 Å². The molecule has 1 aromatic rings. The standard InChI is InChI=1S/C12H15N3O4/c16-11(17)8-2-5-15(6-9(8)12(18)19)7-10-13-3-1-4-14-10/h1,3-4,8-9H,2,5-7H2,(H,16,17)(H,18,19). The third-order valence-electron chi connectivity index (χ3n) is 3.32. The van der Waals surface area contributed by atoms with E-state index in [9.17, 15) is 9.59 Å². The van der Waals surface area contributed by atoms with Crippen molar-refractivity contribution in [2.24, 2.45) is 11.8 Å². The molecular weight excluding hydrogens is 250 g/mol. The van der Waals surface area contributed by atoms with Gasteiger partial charge < -0.3 is 10.2 Å². The molecule has 0 spiro atoms. The van der Waals surface area contributed by atoms with E-state index >= 15 is 0 Å². The predicted octanol–water partition coefficient (Wildman–Crippen LogP) is 0.0839. The summed E-state index contributed by atoms with van der Waals surface area (Å²) in [5.41, 5.74) is 0. The van der Waals surface area contributed by atoms with Gasteiger partial charge in [0.25, 0.3) is 0 Å². The van der Waals surface area contributed by atoms with E-state index in [0.29, 0.717) is 25.3 Å². The fourth-order valence-corrected chi connectivity index (χ4v) is 2.32. The van der Waals surface area contributed by atoms with Gasteiger partial charge >= 0.3 is 11.9 Å². The average Bonchev–Trinajstić information content (AvgIpc) is 2.39. The molecular formula is C12H15N3O4. The summed E-state index contributed by atoms with van der Waals surface area (Å²) in [4.78, 5) is 32.2. The van der Waals surface area contributed by atoms with Crippen molar-refractivity contribution < 1.29 is 19.8 Å². The highest BCUT2D eigenvalue weighted by atomic mass is 16.4. The zero-order valence-electron chi connectivity index (χ0n) is 10.3. The highest BCUT2D eigenvalue weighted by Gasteiger charge is 2.38. The number of likely N-dealkylation sites (tertiary alicyclic amines) is 1. The van der Waals surface area contributed by atoms with Gasteiger partial charge in [-0.15, -0.1) is 0 Å². The van der Waals surface area contributed by atoms with Crippen molar-refractivity contribution in [3.63, 3.8) is 0 Å². The van der Waals surface area contributed by atoms with E-state index in [-0.39, 0.29) is 6.54 Å². The van der Waals surface area contributed by atoms with Gasteiger partial charge in [0.15, 0.2) is 0 Å². The lowest BCUT2D eigenvalue weighted by Crippen LogP contribution is -2.46. The molecule has 1 fully saturated rings. The molecule has 2 atom stereocenters. The molecule has 2 unspecified atom stereocenters. The van der Waals surface area contributed by atoms with Crippen LogP contribution in [0.5, 0.6) is 0 Å². The maximum Gasteiger partial charge on any atom is 0.308 e. The number of rotatable bonds is 4. The Kier molecular flexibility index (Phi) is 4.06. The lowest BCUT2D eigenvalue weighted by atomic mass is 9.85. The fourth-order valence-electron chi connectivity index (χ4n) is 2.32. The lowest BCUT2D eigenvalue weighted by Gasteiger charge is -2.33. The van der Waals surface area contributed by atoms with Gasteiger partial charge in [-0.2, -0.15) is 0 Å². The number of hydrogen-bond donors (Lipinski definition) is 2. The Morgan fingerprint density at radius 1 is 1.21 bits per heavy atom. The topological polar surface area (TPSA) is 104 Å². The van der Waals surface area contributed by atoms with Gasteiger partial charge in [0.05, 0.1) is 18.4 Å². The fraction of sp³-hybridized carbons (Fsp3) is 0.500. The van der Waals surface area contributed by atoms with E-state index in [0.717, 1.165) is 0 Å². The van der Waals surface area contributed by atoms with Crippen LogP contribution in [-0.2, 0) is 16.1 Å². The SMILES string of the molecule is O=C(O)C1CCN(Cc2ncccn2)CC1C(=O)O. The number of piperidine rings is 1. The van der Waals surface area contributed by atoms with Crippen molar-refractivity contribution in [3.05, 3.63) is 24.3 Å². The molecule has 0 amide bonds. The molecule has 1 aliphatic heterocycles. The summed E-state index contributed by atoms with van der Waals surface area (Å²) in [6.07, 6.45) is 3.58. The molecule has 19 heavy (non-hydrogen) atoms. The summed E-state index contributed by atoms with van der Waals surface area (Å²) in [6.45, 7) is 1.19. The van der Waals surface area contributed by atoms with Gasteiger partial charge in [-0.05, 0) is 19.0 Å². The molecule has 2 N–H and O–H groups in total. The largest absolute Gasteiger partial charge is 0.481 e. The van der Waals surface area contributed by atoms with Crippen LogP contribution >= 0.6 is 0 Å². The molecule has 102 valence electrons. The van der Waals surface area contributed by atoms with Gasteiger partial charge in [0, 0.05) is 18.9 Å². The molecule has 1 aliphatic rings. The molecule has 0 radical (unpaired) electrons. The second kappa shape index (κ2) is 5.75. The molecule has 2 heterocycles. The summed E-state index contributed by atoms with van der Waals surface area (Å²) in [6, 6.07) is 1.71. The zero-order chi connectivity index (χ0) is 13.8. The Morgan fingerprint density at radius 2 is 1.84 bits per heavy atom. The molecule has 7 heteroatoms. The van der Waals surface area contributed by atoms with Crippen LogP contribution in [0.15, 0.2) is 18.5 Å². The van der Waals surface area contributed by atoms with Crippen LogP contribution < -0.4 is 0 Å². The van der Waals surface area contributed by atoms with Gasteiger partial charge in [-0.25, -0.2) is 9.97 Å². The average molecular weight is 265 g/mol. The Labute approximate surface area is 109 Å². The number of hydrogen-bond acceptors (Lipinski definition) is 5. The first kappa shape index (κ1) is 13.4. The van der Waals surface area contributed by atoms with Crippen molar-refractivity contribution in [2.75, 3.05) is 13.1 Å². The van der Waals surface area contributed by atoms with Crippen LogP contribution in [-0.4, -0.2) is 50.1 Å². The predicted molar refractivity (Wildman–Crippen MR) is 64.2 cm³/mol. The first-order chi connectivity index (χ1) is 9.08. The summed E-state index contributed by atoms with van der Waals surface area (Å²) < 4.78 is 0. The van der Waals surface area contributed by atoms with E-state index in [4.69, 9.17) is 10.2 Å². The van der Waals surface area contributed by atoms with Crippen molar-refractivity contribution in [1.82, 2.24) is 14.9 Å². The van der Waals surface area contributed by atoms with Gasteiger partial charge in [0.2, 0.25) is 0 Å². The molecule has 7 nitrogen and oxygen atoms in total. The van der Waals surface area contributed by atoms with E-state index in [1.807, 2.05) is 4.90 Å². The minimum Gasteiger partial charge on any atom is -0.481 e. The number of aliphatic carboxylic acids is 2. The first-order valence-electron chi connectivity index (χ1n) is 6.02. The van der Waals surface area contributed by atoms with Crippen LogP contribution in [0.4, 0.5) is 0 Å². The third kappa shape index (κ3) is 3.25. The van der Waals surface area contributed by atoms with Crippen LogP contribution in [0.2, 0.25) is 0 Å². The van der Waals surface area contributed by atoms with Crippen LogP contribution in [0.25, 0.3) is 0 Å². The number of nitrogens with zero attached hydrogens (tertiary/aromatic N) is 3. The van der Waals surface area contributed by atoms with E-state index in [1.165, 1.54) is 0 Å². The van der Waals surface area contributed by atoms with E-state index < -0.39 is 23.8 Å². The molecule has 1 aromatic heterocycles. The maximum atomic E-state index is 11.1. The number of carbonyl (C=O) groups is 2. The number of aromatic nitrogens is 2. The third-order valence-corrected chi connectivity index (χ3v) is 3.32. The van der Waals surface area contributed by atoms with E-state index in [2.05, 4.69) is 9.97 Å². The summed E-state index contributed by atoms with van der Waals surface area (Å²) in [5, 5.41) is 18.1. The Bertz CT molecular complexity index is 465. The molecule has 0 bridgehead atoms. The molecule has 0 saturated carbocycles. The Morgan fingerprint density at radius 3 is 2.42 bits per heavy atom. The molecule has 2 rings (SSSR count). The van der Waals surface area contributed by atoms with Gasteiger partial charge in [0.1, 0.15) is 5.82 Å². The second-order valence-corrected chi connectivity index (χ2v) is 4.58. The highest BCUT2D eigenvalue weighted by Crippen LogP contribution is 2.25. The zero-order valence-corrected chi connectivity index (χ0v) is 10.3. The Hall–Kier alpha value is -2.02. The van der Waals surface area contributed by atoms with Crippen LogP contribution in [0.1, 0.15) is 12.2 Å². The van der Waals surface area contributed by atoms with E-state index in [1.54, 1.807) is 18.5 Å². The minimum absolute atomic E-state index is 0.213. The smallest absolute Gasteiger partial charge is 0.308 e. The molecule has 1 saturated heterocycles. The van der Waals surface area contributed by atoms with Crippen molar-refractivity contribution >= 4 is 11.9 Å².